The third kappa shape index (κ3) is 4.94. The van der Waals surface area contributed by atoms with E-state index in [-0.39, 0.29) is 6.42 Å². The van der Waals surface area contributed by atoms with Crippen LogP contribution in [-0.2, 0) is 4.74 Å². The summed E-state index contributed by atoms with van der Waals surface area (Å²) < 4.78 is 41.4. The van der Waals surface area contributed by atoms with Gasteiger partial charge in [-0.05, 0) is 25.8 Å². The van der Waals surface area contributed by atoms with Crippen LogP contribution in [0.25, 0.3) is 0 Å². The Bertz CT molecular complexity index is 206. The monoisotopic (exact) mass is 208 g/mol. The first-order valence-electron chi connectivity index (χ1n) is 4.31. The van der Waals surface area contributed by atoms with E-state index in [0.29, 0.717) is 12.2 Å². The van der Waals surface area contributed by atoms with Crippen LogP contribution in [0.15, 0.2) is 24.5 Å². The fraction of sp³-hybridized carbons (Fsp3) is 0.600. The molecule has 0 bridgehead atoms. The van der Waals surface area contributed by atoms with Gasteiger partial charge in [-0.2, -0.15) is 13.2 Å². The van der Waals surface area contributed by atoms with E-state index in [4.69, 9.17) is 4.74 Å². The Balaban J connectivity index is 4.04. The Kier molecular flexibility index (Phi) is 5.35. The molecule has 1 atom stereocenters. The minimum absolute atomic E-state index is 0.0215. The van der Waals surface area contributed by atoms with Gasteiger partial charge in [-0.25, -0.2) is 0 Å². The SMILES string of the molecule is C=CC(CC/C=C(\C)OC)C(F)(F)F. The van der Waals surface area contributed by atoms with E-state index in [2.05, 4.69) is 6.58 Å². The van der Waals surface area contributed by atoms with Crippen molar-refractivity contribution < 1.29 is 17.9 Å². The van der Waals surface area contributed by atoms with Crippen LogP contribution in [0.4, 0.5) is 13.2 Å². The lowest BCUT2D eigenvalue weighted by Crippen LogP contribution is -2.20. The lowest BCUT2D eigenvalue weighted by atomic mass is 10.0. The normalized spacial score (nSPS) is 15.1. The Morgan fingerprint density at radius 2 is 2.07 bits per heavy atom. The molecule has 0 aliphatic rings. The Hall–Kier alpha value is -0.930. The molecule has 0 aliphatic heterocycles. The van der Waals surface area contributed by atoms with Gasteiger partial charge in [-0.15, -0.1) is 6.58 Å². The van der Waals surface area contributed by atoms with E-state index < -0.39 is 12.1 Å². The smallest absolute Gasteiger partial charge is 0.395 e. The van der Waals surface area contributed by atoms with E-state index >= 15 is 0 Å². The number of hydrogen-bond acceptors (Lipinski definition) is 1. The zero-order valence-corrected chi connectivity index (χ0v) is 8.40. The van der Waals surface area contributed by atoms with E-state index in [1.165, 1.54) is 7.11 Å². The van der Waals surface area contributed by atoms with Gasteiger partial charge in [-0.3, -0.25) is 0 Å². The molecule has 0 aromatic heterocycles. The highest BCUT2D eigenvalue weighted by Gasteiger charge is 2.36. The number of ether oxygens (including phenoxy) is 1. The summed E-state index contributed by atoms with van der Waals surface area (Å²) in [6.07, 6.45) is -1.24. The lowest BCUT2D eigenvalue weighted by Gasteiger charge is -2.15. The maximum atomic E-state index is 12.2. The van der Waals surface area contributed by atoms with Gasteiger partial charge >= 0.3 is 6.18 Å². The van der Waals surface area contributed by atoms with Crippen molar-refractivity contribution in [3.8, 4) is 0 Å². The summed E-state index contributed by atoms with van der Waals surface area (Å²) in [5, 5.41) is 0. The molecule has 0 aliphatic carbocycles. The summed E-state index contributed by atoms with van der Waals surface area (Å²) in [5.41, 5.74) is 0. The molecule has 1 nitrogen and oxygen atoms in total. The summed E-state index contributed by atoms with van der Waals surface area (Å²) in [7, 11) is 1.49. The van der Waals surface area contributed by atoms with Crippen LogP contribution in [-0.4, -0.2) is 13.3 Å². The second kappa shape index (κ2) is 5.73. The van der Waals surface area contributed by atoms with Crippen molar-refractivity contribution >= 4 is 0 Å². The second-order valence-electron chi connectivity index (χ2n) is 2.98. The third-order valence-corrected chi connectivity index (χ3v) is 1.94. The molecular formula is C10H15F3O. The molecule has 1 unspecified atom stereocenters. The fourth-order valence-electron chi connectivity index (χ4n) is 0.965. The van der Waals surface area contributed by atoms with Crippen LogP contribution in [0.5, 0.6) is 0 Å². The molecule has 0 heterocycles. The van der Waals surface area contributed by atoms with Crippen molar-refractivity contribution in [2.24, 2.45) is 5.92 Å². The summed E-state index contributed by atoms with van der Waals surface area (Å²) >= 11 is 0. The largest absolute Gasteiger partial charge is 0.502 e. The minimum Gasteiger partial charge on any atom is -0.502 e. The second-order valence-corrected chi connectivity index (χ2v) is 2.98. The van der Waals surface area contributed by atoms with E-state index in [9.17, 15) is 13.2 Å². The Morgan fingerprint density at radius 1 is 1.50 bits per heavy atom. The number of halogens is 3. The van der Waals surface area contributed by atoms with Crippen molar-refractivity contribution in [2.45, 2.75) is 25.9 Å². The van der Waals surface area contributed by atoms with Crippen LogP contribution in [0.3, 0.4) is 0 Å². The maximum absolute atomic E-state index is 12.2. The molecular weight excluding hydrogens is 193 g/mol. The molecule has 0 rings (SSSR count). The number of allylic oxidation sites excluding steroid dienone is 3. The summed E-state index contributed by atoms with van der Waals surface area (Å²) in [6, 6.07) is 0. The fourth-order valence-corrected chi connectivity index (χ4v) is 0.965. The van der Waals surface area contributed by atoms with Crippen molar-refractivity contribution in [3.05, 3.63) is 24.5 Å². The van der Waals surface area contributed by atoms with Crippen molar-refractivity contribution in [1.82, 2.24) is 0 Å². The quantitative estimate of drug-likeness (QED) is 0.494. The predicted octanol–water partition coefficient (Wildman–Crippen LogP) is 3.68. The number of methoxy groups -OCH3 is 1. The third-order valence-electron chi connectivity index (χ3n) is 1.94. The first kappa shape index (κ1) is 13.1. The Labute approximate surface area is 82.3 Å². The Morgan fingerprint density at radius 3 is 2.43 bits per heavy atom. The predicted molar refractivity (Wildman–Crippen MR) is 49.7 cm³/mol. The molecule has 0 aromatic rings. The minimum atomic E-state index is -4.18. The van der Waals surface area contributed by atoms with Gasteiger partial charge < -0.3 is 4.74 Å². The van der Waals surface area contributed by atoms with E-state index in [1.807, 2.05) is 0 Å². The number of rotatable bonds is 5. The van der Waals surface area contributed by atoms with Gasteiger partial charge in [-0.1, -0.05) is 6.08 Å². The number of alkyl halides is 3. The van der Waals surface area contributed by atoms with Crippen LogP contribution in [0.2, 0.25) is 0 Å². The summed E-state index contributed by atoms with van der Waals surface area (Å²) in [6.45, 7) is 4.88. The molecule has 0 radical (unpaired) electrons. The van der Waals surface area contributed by atoms with Crippen molar-refractivity contribution in [1.29, 1.82) is 0 Å². The highest BCUT2D eigenvalue weighted by molar-refractivity contribution is 4.91. The molecule has 0 aromatic carbocycles. The van der Waals surface area contributed by atoms with Crippen LogP contribution in [0, 0.1) is 5.92 Å². The zero-order valence-electron chi connectivity index (χ0n) is 8.40. The molecule has 0 amide bonds. The number of hydrogen-bond donors (Lipinski definition) is 0. The summed E-state index contributed by atoms with van der Waals surface area (Å²) in [5.74, 6) is -0.793. The zero-order chi connectivity index (χ0) is 11.2. The molecule has 0 saturated carbocycles. The summed E-state index contributed by atoms with van der Waals surface area (Å²) in [4.78, 5) is 0. The molecule has 4 heteroatoms. The highest BCUT2D eigenvalue weighted by atomic mass is 19.4. The standard InChI is InChI=1S/C10H15F3O/c1-4-9(10(11,12)13)7-5-6-8(2)14-3/h4,6,9H,1,5,7H2,2-3H3/b8-6+. The molecule has 0 N–H and O–H groups in total. The average molecular weight is 208 g/mol. The molecule has 82 valence electrons. The van der Waals surface area contributed by atoms with Crippen LogP contribution >= 0.6 is 0 Å². The van der Waals surface area contributed by atoms with Gasteiger partial charge in [0.05, 0.1) is 18.8 Å². The molecule has 0 spiro atoms. The van der Waals surface area contributed by atoms with E-state index in [0.717, 1.165) is 6.08 Å². The van der Waals surface area contributed by atoms with Gasteiger partial charge in [0.15, 0.2) is 0 Å². The van der Waals surface area contributed by atoms with Crippen LogP contribution < -0.4 is 0 Å². The van der Waals surface area contributed by atoms with Gasteiger partial charge in [0, 0.05) is 0 Å². The first-order chi connectivity index (χ1) is 6.41. The average Bonchev–Trinajstić information content (AvgIpc) is 2.09. The topological polar surface area (TPSA) is 9.23 Å². The van der Waals surface area contributed by atoms with E-state index in [1.54, 1.807) is 13.0 Å². The van der Waals surface area contributed by atoms with Crippen molar-refractivity contribution in [2.75, 3.05) is 7.11 Å². The van der Waals surface area contributed by atoms with Gasteiger partial charge in [0.25, 0.3) is 0 Å². The molecule has 14 heavy (non-hydrogen) atoms. The van der Waals surface area contributed by atoms with Gasteiger partial charge in [0.1, 0.15) is 0 Å². The van der Waals surface area contributed by atoms with Crippen molar-refractivity contribution in [3.63, 3.8) is 0 Å². The molecule has 0 fully saturated rings. The lowest BCUT2D eigenvalue weighted by molar-refractivity contribution is -0.162. The highest BCUT2D eigenvalue weighted by Crippen LogP contribution is 2.30. The molecule has 0 saturated heterocycles. The maximum Gasteiger partial charge on any atom is 0.395 e. The van der Waals surface area contributed by atoms with Gasteiger partial charge in [0.2, 0.25) is 0 Å². The first-order valence-corrected chi connectivity index (χ1v) is 4.31. The van der Waals surface area contributed by atoms with Crippen LogP contribution in [0.1, 0.15) is 19.8 Å².